The van der Waals surface area contributed by atoms with Crippen LogP contribution in [0.3, 0.4) is 0 Å². The SMILES string of the molecule is CCCNc1cc(-c2cncc(OC)c2)ncn1. The largest absolute Gasteiger partial charge is 0.495 e. The van der Waals surface area contributed by atoms with Crippen LogP contribution in [0.5, 0.6) is 5.75 Å². The molecule has 0 fully saturated rings. The molecule has 0 aromatic carbocycles. The van der Waals surface area contributed by atoms with Gasteiger partial charge in [0.1, 0.15) is 17.9 Å². The number of rotatable bonds is 5. The van der Waals surface area contributed by atoms with E-state index in [1.54, 1.807) is 25.8 Å². The van der Waals surface area contributed by atoms with Crippen molar-refractivity contribution < 1.29 is 4.74 Å². The van der Waals surface area contributed by atoms with Crippen molar-refractivity contribution in [3.63, 3.8) is 0 Å². The van der Waals surface area contributed by atoms with Gasteiger partial charge in [-0.25, -0.2) is 9.97 Å². The molecule has 0 unspecified atom stereocenters. The van der Waals surface area contributed by atoms with Crippen molar-refractivity contribution in [3.8, 4) is 17.0 Å². The van der Waals surface area contributed by atoms with Crippen molar-refractivity contribution in [1.82, 2.24) is 15.0 Å². The van der Waals surface area contributed by atoms with E-state index in [2.05, 4.69) is 27.2 Å². The second kappa shape index (κ2) is 5.95. The van der Waals surface area contributed by atoms with E-state index in [0.29, 0.717) is 5.75 Å². The van der Waals surface area contributed by atoms with Gasteiger partial charge in [0.15, 0.2) is 0 Å². The zero-order valence-electron chi connectivity index (χ0n) is 10.6. The molecule has 2 rings (SSSR count). The Morgan fingerprint density at radius 1 is 1.22 bits per heavy atom. The van der Waals surface area contributed by atoms with Crippen molar-refractivity contribution in [3.05, 3.63) is 30.9 Å². The van der Waals surface area contributed by atoms with E-state index in [9.17, 15) is 0 Å². The quantitative estimate of drug-likeness (QED) is 0.875. The van der Waals surface area contributed by atoms with Gasteiger partial charge in [-0.15, -0.1) is 0 Å². The molecule has 0 aliphatic heterocycles. The van der Waals surface area contributed by atoms with E-state index in [4.69, 9.17) is 4.74 Å². The average Bonchev–Trinajstić information content (AvgIpc) is 2.45. The third kappa shape index (κ3) is 2.94. The van der Waals surface area contributed by atoms with E-state index in [1.807, 2.05) is 12.1 Å². The van der Waals surface area contributed by atoms with Crippen LogP contribution < -0.4 is 10.1 Å². The molecule has 0 radical (unpaired) electrons. The van der Waals surface area contributed by atoms with E-state index < -0.39 is 0 Å². The smallest absolute Gasteiger partial charge is 0.137 e. The van der Waals surface area contributed by atoms with Gasteiger partial charge in [-0.2, -0.15) is 0 Å². The first-order chi connectivity index (χ1) is 8.83. The van der Waals surface area contributed by atoms with Gasteiger partial charge >= 0.3 is 0 Å². The van der Waals surface area contributed by atoms with Crippen molar-refractivity contribution in [2.24, 2.45) is 0 Å². The molecule has 94 valence electrons. The summed E-state index contributed by atoms with van der Waals surface area (Å²) in [5.41, 5.74) is 1.74. The van der Waals surface area contributed by atoms with Crippen LogP contribution >= 0.6 is 0 Å². The summed E-state index contributed by atoms with van der Waals surface area (Å²) < 4.78 is 5.15. The molecule has 0 saturated heterocycles. The van der Waals surface area contributed by atoms with E-state index in [1.165, 1.54) is 0 Å². The molecule has 0 aliphatic rings. The highest BCUT2D eigenvalue weighted by Crippen LogP contribution is 2.21. The Hall–Kier alpha value is -2.17. The summed E-state index contributed by atoms with van der Waals surface area (Å²) in [7, 11) is 1.62. The Labute approximate surface area is 106 Å². The lowest BCUT2D eigenvalue weighted by Gasteiger charge is -2.06. The summed E-state index contributed by atoms with van der Waals surface area (Å²) >= 11 is 0. The molecule has 0 amide bonds. The number of hydrogen-bond donors (Lipinski definition) is 1. The fourth-order valence-corrected chi connectivity index (χ4v) is 1.54. The maximum absolute atomic E-state index is 5.15. The molecule has 0 spiro atoms. The maximum atomic E-state index is 5.15. The highest BCUT2D eigenvalue weighted by Gasteiger charge is 2.03. The molecule has 0 aliphatic carbocycles. The van der Waals surface area contributed by atoms with Gasteiger partial charge < -0.3 is 10.1 Å². The van der Waals surface area contributed by atoms with Crippen molar-refractivity contribution in [2.45, 2.75) is 13.3 Å². The predicted molar refractivity (Wildman–Crippen MR) is 70.6 cm³/mol. The van der Waals surface area contributed by atoms with Gasteiger partial charge in [0.2, 0.25) is 0 Å². The van der Waals surface area contributed by atoms with Gasteiger partial charge in [0.25, 0.3) is 0 Å². The van der Waals surface area contributed by atoms with Crippen molar-refractivity contribution in [1.29, 1.82) is 0 Å². The van der Waals surface area contributed by atoms with E-state index in [0.717, 1.165) is 30.0 Å². The molecule has 0 bridgehead atoms. The van der Waals surface area contributed by atoms with Crippen LogP contribution in [0.2, 0.25) is 0 Å². The first-order valence-electron chi connectivity index (χ1n) is 5.89. The molecule has 2 aromatic rings. The number of methoxy groups -OCH3 is 1. The zero-order valence-corrected chi connectivity index (χ0v) is 10.6. The van der Waals surface area contributed by atoms with Gasteiger partial charge in [-0.05, 0) is 12.5 Å². The monoisotopic (exact) mass is 244 g/mol. The number of aromatic nitrogens is 3. The molecule has 0 saturated carbocycles. The standard InChI is InChI=1S/C13H16N4O/c1-3-4-15-13-6-12(16-9-17-13)10-5-11(18-2)8-14-7-10/h5-9H,3-4H2,1-2H3,(H,15,16,17). The molecule has 5 nitrogen and oxygen atoms in total. The molecule has 18 heavy (non-hydrogen) atoms. The van der Waals surface area contributed by atoms with Crippen LogP contribution in [-0.4, -0.2) is 28.6 Å². The minimum Gasteiger partial charge on any atom is -0.495 e. The number of pyridine rings is 1. The second-order valence-corrected chi connectivity index (χ2v) is 3.83. The van der Waals surface area contributed by atoms with Crippen LogP contribution in [0.25, 0.3) is 11.3 Å². The summed E-state index contributed by atoms with van der Waals surface area (Å²) in [6.45, 7) is 3.01. The molecular formula is C13H16N4O. The predicted octanol–water partition coefficient (Wildman–Crippen LogP) is 2.37. The fraction of sp³-hybridized carbons (Fsp3) is 0.308. The normalized spacial score (nSPS) is 10.1. The topological polar surface area (TPSA) is 59.9 Å². The molecule has 1 N–H and O–H groups in total. The highest BCUT2D eigenvalue weighted by atomic mass is 16.5. The minimum atomic E-state index is 0.717. The van der Waals surface area contributed by atoms with E-state index >= 15 is 0 Å². The summed E-state index contributed by atoms with van der Waals surface area (Å²) in [5.74, 6) is 1.54. The average molecular weight is 244 g/mol. The van der Waals surface area contributed by atoms with Gasteiger partial charge in [0.05, 0.1) is 19.0 Å². The maximum Gasteiger partial charge on any atom is 0.137 e. The Balaban J connectivity index is 2.26. The number of ether oxygens (including phenoxy) is 1. The van der Waals surface area contributed by atoms with Crippen LogP contribution in [0.4, 0.5) is 5.82 Å². The zero-order chi connectivity index (χ0) is 12.8. The molecular weight excluding hydrogens is 228 g/mol. The number of hydrogen-bond acceptors (Lipinski definition) is 5. The van der Waals surface area contributed by atoms with Gasteiger partial charge in [0, 0.05) is 24.4 Å². The summed E-state index contributed by atoms with van der Waals surface area (Å²) in [4.78, 5) is 12.5. The Morgan fingerprint density at radius 3 is 2.89 bits per heavy atom. The lowest BCUT2D eigenvalue weighted by atomic mass is 10.2. The summed E-state index contributed by atoms with van der Waals surface area (Å²) in [5, 5.41) is 3.23. The third-order valence-electron chi connectivity index (χ3n) is 2.47. The van der Waals surface area contributed by atoms with E-state index in [-0.39, 0.29) is 0 Å². The molecule has 2 aromatic heterocycles. The third-order valence-corrected chi connectivity index (χ3v) is 2.47. The van der Waals surface area contributed by atoms with Crippen LogP contribution in [-0.2, 0) is 0 Å². The number of anilines is 1. The second-order valence-electron chi connectivity index (χ2n) is 3.83. The Morgan fingerprint density at radius 2 is 2.11 bits per heavy atom. The van der Waals surface area contributed by atoms with Gasteiger partial charge in [-0.1, -0.05) is 6.92 Å². The number of nitrogens with zero attached hydrogens (tertiary/aromatic N) is 3. The van der Waals surface area contributed by atoms with Gasteiger partial charge in [-0.3, -0.25) is 4.98 Å². The van der Waals surface area contributed by atoms with Crippen LogP contribution in [0.15, 0.2) is 30.9 Å². The molecule has 0 atom stereocenters. The van der Waals surface area contributed by atoms with Crippen molar-refractivity contribution >= 4 is 5.82 Å². The number of nitrogens with one attached hydrogen (secondary N) is 1. The first-order valence-corrected chi connectivity index (χ1v) is 5.89. The Kier molecular flexibility index (Phi) is 4.06. The lowest BCUT2D eigenvalue weighted by Crippen LogP contribution is -2.02. The molecule has 2 heterocycles. The molecule has 5 heteroatoms. The first kappa shape index (κ1) is 12.3. The fourth-order valence-electron chi connectivity index (χ4n) is 1.54. The highest BCUT2D eigenvalue weighted by molar-refractivity contribution is 5.62. The van der Waals surface area contributed by atoms with Crippen LogP contribution in [0.1, 0.15) is 13.3 Å². The Bertz CT molecular complexity index is 516. The van der Waals surface area contributed by atoms with Crippen molar-refractivity contribution in [2.75, 3.05) is 19.0 Å². The minimum absolute atomic E-state index is 0.717. The summed E-state index contributed by atoms with van der Waals surface area (Å²) in [6.07, 6.45) is 6.03. The summed E-state index contributed by atoms with van der Waals surface area (Å²) in [6, 6.07) is 3.81. The van der Waals surface area contributed by atoms with Crippen LogP contribution in [0, 0.1) is 0 Å². The lowest BCUT2D eigenvalue weighted by molar-refractivity contribution is 0.413.